The summed E-state index contributed by atoms with van der Waals surface area (Å²) in [7, 11) is 3.57. The van der Waals surface area contributed by atoms with Gasteiger partial charge in [-0.05, 0) is 43.2 Å². The third-order valence-electron chi connectivity index (χ3n) is 6.10. The SMILES string of the molecule is CCc1cc(OC)cc(N(c2ccc3ncc(-c4cnn(C)c4)nc3n2)C(C)C2=NC=CNC2)c1. The summed E-state index contributed by atoms with van der Waals surface area (Å²) in [6.45, 7) is 4.93. The predicted molar refractivity (Wildman–Crippen MR) is 138 cm³/mol. The Morgan fingerprint density at radius 1 is 1.17 bits per heavy atom. The number of fused-ring (bicyclic) bond motifs is 1. The fraction of sp³-hybridized carbons (Fsp3) is 0.269. The molecule has 4 aromatic rings. The Labute approximate surface area is 204 Å². The topological polar surface area (TPSA) is 93.4 Å². The van der Waals surface area contributed by atoms with E-state index in [1.54, 1.807) is 30.4 Å². The Balaban J connectivity index is 1.64. The molecule has 1 aliphatic heterocycles. The minimum Gasteiger partial charge on any atom is -0.497 e. The number of aliphatic imine (C=N–C) groups is 1. The maximum Gasteiger partial charge on any atom is 0.180 e. The molecule has 0 radical (unpaired) electrons. The smallest absolute Gasteiger partial charge is 0.180 e. The van der Waals surface area contributed by atoms with E-state index in [-0.39, 0.29) is 6.04 Å². The molecule has 5 rings (SSSR count). The molecule has 1 unspecified atom stereocenters. The lowest BCUT2D eigenvalue weighted by molar-refractivity contribution is 0.414. The maximum atomic E-state index is 5.61. The molecule has 0 saturated carbocycles. The van der Waals surface area contributed by atoms with Gasteiger partial charge in [-0.2, -0.15) is 5.10 Å². The van der Waals surface area contributed by atoms with Gasteiger partial charge in [0.1, 0.15) is 17.1 Å². The third kappa shape index (κ3) is 4.57. The van der Waals surface area contributed by atoms with Gasteiger partial charge in [-0.15, -0.1) is 0 Å². The number of methoxy groups -OCH3 is 1. The first kappa shape index (κ1) is 22.5. The van der Waals surface area contributed by atoms with E-state index in [4.69, 9.17) is 14.7 Å². The molecule has 0 fully saturated rings. The van der Waals surface area contributed by atoms with Crippen molar-refractivity contribution in [3.63, 3.8) is 0 Å². The van der Waals surface area contributed by atoms with Crippen molar-refractivity contribution < 1.29 is 4.74 Å². The summed E-state index contributed by atoms with van der Waals surface area (Å²) < 4.78 is 7.36. The first-order valence-corrected chi connectivity index (χ1v) is 11.6. The molecule has 0 amide bonds. The summed E-state index contributed by atoms with van der Waals surface area (Å²) in [6.07, 6.45) is 9.98. The van der Waals surface area contributed by atoms with Crippen LogP contribution in [0.5, 0.6) is 5.75 Å². The number of pyridine rings is 1. The normalized spacial score (nSPS) is 13.9. The summed E-state index contributed by atoms with van der Waals surface area (Å²) in [5.74, 6) is 1.56. The largest absolute Gasteiger partial charge is 0.497 e. The zero-order valence-corrected chi connectivity index (χ0v) is 20.3. The summed E-state index contributed by atoms with van der Waals surface area (Å²) in [4.78, 5) is 21.2. The maximum absolute atomic E-state index is 5.61. The summed E-state index contributed by atoms with van der Waals surface area (Å²) in [5.41, 5.74) is 6.10. The van der Waals surface area contributed by atoms with Crippen molar-refractivity contribution in [3.05, 3.63) is 66.9 Å². The first-order valence-electron chi connectivity index (χ1n) is 11.6. The molecule has 1 N–H and O–H groups in total. The minimum atomic E-state index is -0.0660. The molecule has 4 heterocycles. The number of nitrogens with zero attached hydrogens (tertiary/aromatic N) is 7. The number of nitrogens with one attached hydrogen (secondary N) is 1. The van der Waals surface area contributed by atoms with Gasteiger partial charge in [0.15, 0.2) is 5.65 Å². The average Bonchev–Trinajstić information content (AvgIpc) is 3.34. The van der Waals surface area contributed by atoms with E-state index >= 15 is 0 Å². The van der Waals surface area contributed by atoms with Crippen molar-refractivity contribution in [2.24, 2.45) is 12.0 Å². The molecule has 3 aromatic heterocycles. The third-order valence-corrected chi connectivity index (χ3v) is 6.10. The Morgan fingerprint density at radius 3 is 2.77 bits per heavy atom. The van der Waals surface area contributed by atoms with Crippen LogP contribution >= 0.6 is 0 Å². The van der Waals surface area contributed by atoms with Crippen molar-refractivity contribution in [2.75, 3.05) is 18.6 Å². The number of hydrogen-bond acceptors (Lipinski definition) is 8. The fourth-order valence-corrected chi connectivity index (χ4v) is 4.17. The van der Waals surface area contributed by atoms with E-state index < -0.39 is 0 Å². The monoisotopic (exact) mass is 468 g/mol. The quantitative estimate of drug-likeness (QED) is 0.438. The standard InChI is InChI=1S/C26H28N8O/c1-5-18-10-20(12-21(11-18)35-4)34(17(2)23-14-27-8-9-28-23)25-7-6-22-26(32-25)31-24(15-29-22)19-13-30-33(3)16-19/h6-13,15-17,27H,5,14H2,1-4H3. The molecule has 0 saturated heterocycles. The van der Waals surface area contributed by atoms with Gasteiger partial charge < -0.3 is 15.0 Å². The van der Waals surface area contributed by atoms with Crippen molar-refractivity contribution in [1.29, 1.82) is 0 Å². The van der Waals surface area contributed by atoms with Gasteiger partial charge in [0.2, 0.25) is 0 Å². The fourth-order valence-electron chi connectivity index (χ4n) is 4.17. The Morgan fingerprint density at radius 2 is 2.06 bits per heavy atom. The van der Waals surface area contributed by atoms with Gasteiger partial charge in [0.05, 0.1) is 43.5 Å². The lowest BCUT2D eigenvalue weighted by atomic mass is 10.1. The van der Waals surface area contributed by atoms with Gasteiger partial charge in [0.25, 0.3) is 0 Å². The van der Waals surface area contributed by atoms with Gasteiger partial charge in [-0.25, -0.2) is 9.97 Å². The molecule has 1 atom stereocenters. The number of anilines is 2. The zero-order valence-electron chi connectivity index (χ0n) is 20.3. The van der Waals surface area contributed by atoms with Crippen LogP contribution in [0.3, 0.4) is 0 Å². The minimum absolute atomic E-state index is 0.0660. The van der Waals surface area contributed by atoms with E-state index in [2.05, 4.69) is 51.3 Å². The highest BCUT2D eigenvalue weighted by molar-refractivity contribution is 5.96. The van der Waals surface area contributed by atoms with Gasteiger partial charge in [0, 0.05) is 43.0 Å². The van der Waals surface area contributed by atoms with Crippen LogP contribution in [0.2, 0.25) is 0 Å². The number of aromatic nitrogens is 5. The van der Waals surface area contributed by atoms with E-state index in [1.165, 1.54) is 5.56 Å². The predicted octanol–water partition coefficient (Wildman–Crippen LogP) is 4.04. The van der Waals surface area contributed by atoms with E-state index in [1.807, 2.05) is 37.6 Å². The van der Waals surface area contributed by atoms with Gasteiger partial charge in [-0.3, -0.25) is 14.7 Å². The van der Waals surface area contributed by atoms with Crippen LogP contribution in [-0.2, 0) is 13.5 Å². The lowest BCUT2D eigenvalue weighted by Gasteiger charge is -2.32. The summed E-state index contributed by atoms with van der Waals surface area (Å²) >= 11 is 0. The van der Waals surface area contributed by atoms with E-state index in [0.29, 0.717) is 12.2 Å². The van der Waals surface area contributed by atoms with Crippen LogP contribution < -0.4 is 15.0 Å². The van der Waals surface area contributed by atoms with Crippen molar-refractivity contribution >= 4 is 28.4 Å². The van der Waals surface area contributed by atoms with Crippen LogP contribution in [0.15, 0.2) is 66.3 Å². The van der Waals surface area contributed by atoms with Gasteiger partial charge >= 0.3 is 0 Å². The number of aryl methyl sites for hydroxylation is 2. The highest BCUT2D eigenvalue weighted by Crippen LogP contribution is 2.33. The van der Waals surface area contributed by atoms with Crippen LogP contribution in [0.4, 0.5) is 11.5 Å². The molecular formula is C26H28N8O. The zero-order chi connectivity index (χ0) is 24.4. The molecule has 35 heavy (non-hydrogen) atoms. The highest BCUT2D eigenvalue weighted by Gasteiger charge is 2.24. The van der Waals surface area contributed by atoms with Crippen LogP contribution in [-0.4, -0.2) is 50.1 Å². The molecule has 1 aromatic carbocycles. The molecule has 9 heteroatoms. The van der Waals surface area contributed by atoms with Crippen LogP contribution in [0.25, 0.3) is 22.4 Å². The Bertz CT molecular complexity index is 1400. The molecule has 0 bridgehead atoms. The summed E-state index contributed by atoms with van der Waals surface area (Å²) in [6, 6.07) is 10.1. The molecule has 0 spiro atoms. The molecule has 0 aliphatic carbocycles. The second-order valence-corrected chi connectivity index (χ2v) is 8.43. The van der Waals surface area contributed by atoms with E-state index in [0.717, 1.165) is 46.2 Å². The van der Waals surface area contributed by atoms with Gasteiger partial charge in [-0.1, -0.05) is 6.92 Å². The molecule has 9 nitrogen and oxygen atoms in total. The van der Waals surface area contributed by atoms with Crippen molar-refractivity contribution in [1.82, 2.24) is 30.0 Å². The molecule has 1 aliphatic rings. The van der Waals surface area contributed by atoms with Crippen LogP contribution in [0.1, 0.15) is 19.4 Å². The van der Waals surface area contributed by atoms with Crippen molar-refractivity contribution in [2.45, 2.75) is 26.3 Å². The average molecular weight is 469 g/mol. The summed E-state index contributed by atoms with van der Waals surface area (Å²) in [5, 5.41) is 7.51. The number of hydrogen-bond donors (Lipinski definition) is 1. The van der Waals surface area contributed by atoms with Crippen molar-refractivity contribution in [3.8, 4) is 17.0 Å². The second-order valence-electron chi connectivity index (χ2n) is 8.43. The number of rotatable bonds is 7. The number of ether oxygens (including phenoxy) is 1. The van der Waals surface area contributed by atoms with Crippen LogP contribution in [0, 0.1) is 0 Å². The second kappa shape index (κ2) is 9.54. The lowest BCUT2D eigenvalue weighted by Crippen LogP contribution is -2.41. The molecule has 178 valence electrons. The van der Waals surface area contributed by atoms with E-state index in [9.17, 15) is 0 Å². The Hall–Kier alpha value is -4.27. The highest BCUT2D eigenvalue weighted by atomic mass is 16.5. The Kier molecular flexibility index (Phi) is 6.13. The number of benzene rings is 1. The first-order chi connectivity index (χ1) is 17.1. The molecular weight excluding hydrogens is 440 g/mol.